The molecule has 5 rings (SSSR count). The fourth-order valence-corrected chi connectivity index (χ4v) is 10.1. The quantitative estimate of drug-likeness (QED) is 0.164. The van der Waals surface area contributed by atoms with Crippen molar-refractivity contribution in [3.05, 3.63) is 12.2 Å². The Morgan fingerprint density at radius 3 is 2.08 bits per heavy atom. The molecule has 364 valence electrons. The monoisotopic (exact) mass is 902 g/mol. The fourth-order valence-electron chi connectivity index (χ4n) is 10.1. The maximum absolute atomic E-state index is 13.9. The molecule has 17 heteroatoms. The summed E-state index contributed by atoms with van der Waals surface area (Å²) >= 11 is 0. The summed E-state index contributed by atoms with van der Waals surface area (Å²) in [5.74, 6) is -2.37. The average molecular weight is 902 g/mol. The van der Waals surface area contributed by atoms with E-state index in [1.807, 2.05) is 60.5 Å². The summed E-state index contributed by atoms with van der Waals surface area (Å²) in [4.78, 5) is 29.7. The summed E-state index contributed by atoms with van der Waals surface area (Å²) in [7, 11) is 6.86. The lowest BCUT2D eigenvalue weighted by Gasteiger charge is -2.48. The molecular formula is C46H79NO16. The van der Waals surface area contributed by atoms with Crippen LogP contribution in [0.1, 0.15) is 101 Å². The van der Waals surface area contributed by atoms with E-state index in [0.717, 1.165) is 0 Å². The molecule has 0 radical (unpaired) electrons. The van der Waals surface area contributed by atoms with Crippen LogP contribution in [-0.2, 0) is 57.0 Å². The number of carbonyl (C=O) groups excluding carboxylic acids is 2. The van der Waals surface area contributed by atoms with Gasteiger partial charge in [0.1, 0.15) is 42.2 Å². The number of ketones is 1. The molecule has 4 fully saturated rings. The van der Waals surface area contributed by atoms with Crippen LogP contribution in [0.3, 0.4) is 0 Å². The van der Waals surface area contributed by atoms with Crippen LogP contribution in [-0.4, -0.2) is 181 Å². The van der Waals surface area contributed by atoms with Gasteiger partial charge in [-0.05, 0) is 79.6 Å². The third kappa shape index (κ3) is 12.3. The largest absolute Gasteiger partial charge is 0.462 e. The number of hydrogen-bond donors (Lipinski definition) is 4. The van der Waals surface area contributed by atoms with E-state index in [-0.39, 0.29) is 37.2 Å². The molecule has 0 aromatic carbocycles. The number of methoxy groups -OCH3 is 2. The lowest BCUT2D eigenvalue weighted by atomic mass is 9.79. The van der Waals surface area contributed by atoms with Crippen molar-refractivity contribution in [1.29, 1.82) is 0 Å². The van der Waals surface area contributed by atoms with Crippen molar-refractivity contribution in [3.63, 3.8) is 0 Å². The standard InChI is InChI=1S/C46H79NO16/c1-14-28-18-23(3)31(48)16-17-46(9)43(63-46)29(22-56-44-41(55-13)40(54-12)37(51)25(5)59-44)33(15-2)60-34(50)20-32(49)24(4)38(28)61-35-19-30(47(10)11)39(26(6)57-35)62-36-21-45(8,53)42(52)27(7)58-36/h16-17,23-30,32-33,35-44,49,51-53H,14-15,18-22H2,1-13H3/b17-16+/t23-,24+,25?,26?,27?,28+,29?,30?,32-,33-,35?,36?,37?,38-,39?,40?,41?,42?,43-,44?,45?,46-/m1/s1. The van der Waals surface area contributed by atoms with E-state index in [4.69, 9.17) is 47.4 Å². The second kappa shape index (κ2) is 22.0. The zero-order valence-electron chi connectivity index (χ0n) is 39.8. The summed E-state index contributed by atoms with van der Waals surface area (Å²) in [5, 5.41) is 43.9. The molecule has 0 aromatic rings. The van der Waals surface area contributed by atoms with E-state index in [1.165, 1.54) is 14.2 Å². The third-order valence-corrected chi connectivity index (χ3v) is 14.4. The van der Waals surface area contributed by atoms with Crippen molar-refractivity contribution >= 4 is 11.8 Å². The van der Waals surface area contributed by atoms with E-state index in [9.17, 15) is 30.0 Å². The zero-order chi connectivity index (χ0) is 46.7. The van der Waals surface area contributed by atoms with Crippen molar-refractivity contribution in [2.45, 2.75) is 210 Å². The number of aliphatic hydroxyl groups excluding tert-OH is 3. The minimum atomic E-state index is -1.39. The van der Waals surface area contributed by atoms with Crippen LogP contribution >= 0.6 is 0 Å². The van der Waals surface area contributed by atoms with Gasteiger partial charge in [-0.25, -0.2) is 0 Å². The molecule has 22 atom stereocenters. The summed E-state index contributed by atoms with van der Waals surface area (Å²) in [6.07, 6.45) is -6.07. The number of ether oxygens (including phenoxy) is 10. The molecule has 0 saturated carbocycles. The van der Waals surface area contributed by atoms with E-state index in [0.29, 0.717) is 25.7 Å². The van der Waals surface area contributed by atoms with E-state index in [2.05, 4.69) is 0 Å². The van der Waals surface area contributed by atoms with Gasteiger partial charge in [-0.15, -0.1) is 0 Å². The Morgan fingerprint density at radius 1 is 0.825 bits per heavy atom. The molecule has 5 aliphatic rings. The Hall–Kier alpha value is -1.68. The van der Waals surface area contributed by atoms with Crippen molar-refractivity contribution < 1.29 is 77.4 Å². The van der Waals surface area contributed by atoms with Crippen LogP contribution in [0, 0.1) is 23.7 Å². The van der Waals surface area contributed by atoms with Crippen molar-refractivity contribution in [1.82, 2.24) is 4.90 Å². The van der Waals surface area contributed by atoms with Crippen LogP contribution in [0.5, 0.6) is 0 Å². The van der Waals surface area contributed by atoms with Crippen LogP contribution in [0.25, 0.3) is 0 Å². The van der Waals surface area contributed by atoms with Gasteiger partial charge in [0.05, 0.1) is 55.3 Å². The Kier molecular flexibility index (Phi) is 18.2. The van der Waals surface area contributed by atoms with Gasteiger partial charge < -0.3 is 72.7 Å². The molecule has 4 saturated heterocycles. The van der Waals surface area contributed by atoms with Gasteiger partial charge in [-0.1, -0.05) is 34.1 Å². The molecule has 5 heterocycles. The SMILES string of the molecule is CC[C@H]1C[C@@H](C)C(=O)/C=C/[C@@]2(C)O[C@@H]2C(COC2OC(C)C(O)C(OC)C2OC)[C@@H](CC)OC(=O)C[C@@H](O)[C@H](C)[C@H]1OC1CC(N(C)C)C(OC2CC(C)(O)C(O)C(C)O2)C(C)O1. The summed E-state index contributed by atoms with van der Waals surface area (Å²) in [6.45, 7) is 16.5. The number of aliphatic hydroxyl groups is 4. The average Bonchev–Trinajstić information content (AvgIpc) is 3.90. The number of carbonyl (C=O) groups is 2. The Balaban J connectivity index is 1.36. The molecule has 4 N–H and O–H groups in total. The lowest BCUT2D eigenvalue weighted by Crippen LogP contribution is -2.60. The third-order valence-electron chi connectivity index (χ3n) is 14.4. The molecule has 0 amide bonds. The molecule has 0 aromatic heterocycles. The number of rotatable bonds is 12. The summed E-state index contributed by atoms with van der Waals surface area (Å²) in [6, 6.07) is -0.208. The van der Waals surface area contributed by atoms with Gasteiger partial charge in [0.25, 0.3) is 0 Å². The smallest absolute Gasteiger partial charge is 0.308 e. The number of cyclic esters (lactones) is 1. The summed E-state index contributed by atoms with van der Waals surface area (Å²) < 4.78 is 61.9. The normalized spacial score (nSPS) is 48.7. The molecule has 0 bridgehead atoms. The highest BCUT2D eigenvalue weighted by atomic mass is 16.7. The van der Waals surface area contributed by atoms with Crippen LogP contribution in [0.4, 0.5) is 0 Å². The molecule has 14 unspecified atom stereocenters. The first-order valence-electron chi connectivity index (χ1n) is 23.1. The highest BCUT2D eigenvalue weighted by molar-refractivity contribution is 5.91. The molecule has 63 heavy (non-hydrogen) atoms. The number of nitrogens with zero attached hydrogens (tertiary/aromatic N) is 1. The predicted octanol–water partition coefficient (Wildman–Crippen LogP) is 2.89. The van der Waals surface area contributed by atoms with Gasteiger partial charge in [0, 0.05) is 50.9 Å². The summed E-state index contributed by atoms with van der Waals surface area (Å²) in [5.41, 5.74) is -2.24. The van der Waals surface area contributed by atoms with Gasteiger partial charge in [-0.3, -0.25) is 9.59 Å². The predicted molar refractivity (Wildman–Crippen MR) is 228 cm³/mol. The fraction of sp³-hybridized carbons (Fsp3) is 0.913. The molecule has 0 spiro atoms. The number of allylic oxidation sites excluding steroid dienone is 1. The Bertz CT molecular complexity index is 1520. The highest BCUT2D eigenvalue weighted by Gasteiger charge is 2.58. The maximum atomic E-state index is 13.9. The number of likely N-dealkylation sites (N-methyl/N-ethyl adjacent to an activating group) is 1. The van der Waals surface area contributed by atoms with Crippen LogP contribution in [0.2, 0.25) is 0 Å². The van der Waals surface area contributed by atoms with Crippen molar-refractivity contribution in [2.24, 2.45) is 23.7 Å². The van der Waals surface area contributed by atoms with Crippen molar-refractivity contribution in [3.8, 4) is 0 Å². The van der Waals surface area contributed by atoms with Crippen molar-refractivity contribution in [2.75, 3.05) is 34.9 Å². The minimum Gasteiger partial charge on any atom is -0.462 e. The minimum absolute atomic E-state index is 0.0253. The number of epoxide rings is 1. The van der Waals surface area contributed by atoms with Crippen LogP contribution in [0.15, 0.2) is 12.2 Å². The molecule has 0 aliphatic carbocycles. The number of esters is 1. The van der Waals surface area contributed by atoms with Gasteiger partial charge in [0.15, 0.2) is 24.7 Å². The highest BCUT2D eigenvalue weighted by Crippen LogP contribution is 2.46. The molecular weight excluding hydrogens is 822 g/mol. The first-order valence-corrected chi connectivity index (χ1v) is 23.1. The lowest BCUT2D eigenvalue weighted by molar-refractivity contribution is -0.322. The first-order chi connectivity index (χ1) is 29.6. The second-order valence-electron chi connectivity index (χ2n) is 19.4. The molecule has 17 nitrogen and oxygen atoms in total. The Morgan fingerprint density at radius 2 is 1.48 bits per heavy atom. The van der Waals surface area contributed by atoms with E-state index in [1.54, 1.807) is 32.9 Å². The van der Waals surface area contributed by atoms with Gasteiger partial charge in [-0.2, -0.15) is 0 Å². The number of fused-ring (bicyclic) bond motifs is 1. The molecule has 5 aliphatic heterocycles. The second-order valence-corrected chi connectivity index (χ2v) is 19.4. The maximum Gasteiger partial charge on any atom is 0.308 e. The zero-order valence-corrected chi connectivity index (χ0v) is 39.8. The van der Waals surface area contributed by atoms with Gasteiger partial charge >= 0.3 is 5.97 Å². The van der Waals surface area contributed by atoms with E-state index < -0.39 is 127 Å². The number of hydrogen-bond acceptors (Lipinski definition) is 17. The Labute approximate surface area is 374 Å². The van der Waals surface area contributed by atoms with E-state index >= 15 is 0 Å². The van der Waals surface area contributed by atoms with Gasteiger partial charge in [0.2, 0.25) is 0 Å². The topological polar surface area (TPSA) is 214 Å². The van der Waals surface area contributed by atoms with Crippen LogP contribution < -0.4 is 0 Å². The first kappa shape index (κ1) is 52.3.